The maximum atomic E-state index is 11.0. The molecule has 1 saturated heterocycles. The largest absolute Gasteiger partial charge is 0.481 e. The molecule has 0 amide bonds. The first-order chi connectivity index (χ1) is 8.09. The van der Waals surface area contributed by atoms with Crippen molar-refractivity contribution in [2.45, 2.75) is 25.9 Å². The molecule has 92 valence electrons. The molecular weight excluding hydrogens is 282 g/mol. The predicted octanol–water partition coefficient (Wildman–Crippen LogP) is 2.74. The van der Waals surface area contributed by atoms with Gasteiger partial charge in [0.15, 0.2) is 0 Å². The van der Waals surface area contributed by atoms with Gasteiger partial charge in [-0.3, -0.25) is 9.69 Å². The minimum absolute atomic E-state index is 0.111. The van der Waals surface area contributed by atoms with Crippen LogP contribution in [0.5, 0.6) is 0 Å². The van der Waals surface area contributed by atoms with Crippen LogP contribution in [-0.2, 0) is 11.3 Å². The molecular formula is C13H16BrNO2. The maximum absolute atomic E-state index is 11.0. The summed E-state index contributed by atoms with van der Waals surface area (Å²) in [5.74, 6) is -0.899. The molecule has 0 aliphatic carbocycles. The van der Waals surface area contributed by atoms with Crippen LogP contribution in [0.2, 0.25) is 0 Å². The summed E-state index contributed by atoms with van der Waals surface area (Å²) in [5, 5.41) is 9.09. The molecule has 1 fully saturated rings. The van der Waals surface area contributed by atoms with Gasteiger partial charge in [-0.15, -0.1) is 0 Å². The Balaban J connectivity index is 2.06. The molecule has 0 bridgehead atoms. The summed E-state index contributed by atoms with van der Waals surface area (Å²) in [4.78, 5) is 13.3. The number of benzene rings is 1. The van der Waals surface area contributed by atoms with Crippen molar-refractivity contribution in [2.75, 3.05) is 6.54 Å². The number of carboxylic acids is 1. The Morgan fingerprint density at radius 3 is 2.82 bits per heavy atom. The number of likely N-dealkylation sites (tertiary alicyclic amines) is 1. The number of rotatable bonds is 3. The van der Waals surface area contributed by atoms with E-state index in [1.165, 1.54) is 5.56 Å². The smallest absolute Gasteiger partial charge is 0.308 e. The molecule has 4 heteroatoms. The molecule has 0 saturated carbocycles. The lowest BCUT2D eigenvalue weighted by atomic mass is 10.0. The Morgan fingerprint density at radius 1 is 1.53 bits per heavy atom. The van der Waals surface area contributed by atoms with Crippen molar-refractivity contribution in [2.24, 2.45) is 5.92 Å². The van der Waals surface area contributed by atoms with Crippen LogP contribution in [0, 0.1) is 5.92 Å². The number of carbonyl (C=O) groups is 1. The van der Waals surface area contributed by atoms with Gasteiger partial charge >= 0.3 is 5.97 Å². The summed E-state index contributed by atoms with van der Waals surface area (Å²) in [6.07, 6.45) is 0.751. The van der Waals surface area contributed by atoms with Crippen molar-refractivity contribution in [3.63, 3.8) is 0 Å². The van der Waals surface area contributed by atoms with Crippen molar-refractivity contribution in [3.8, 4) is 0 Å². The molecule has 2 rings (SSSR count). The van der Waals surface area contributed by atoms with Crippen molar-refractivity contribution in [1.29, 1.82) is 0 Å². The van der Waals surface area contributed by atoms with Gasteiger partial charge in [0.1, 0.15) is 0 Å². The molecule has 2 atom stereocenters. The van der Waals surface area contributed by atoms with Crippen LogP contribution < -0.4 is 0 Å². The topological polar surface area (TPSA) is 40.5 Å². The quantitative estimate of drug-likeness (QED) is 0.933. The predicted molar refractivity (Wildman–Crippen MR) is 69.8 cm³/mol. The maximum Gasteiger partial charge on any atom is 0.308 e. The fraction of sp³-hybridized carbons (Fsp3) is 0.462. The molecule has 1 aliphatic heterocycles. The van der Waals surface area contributed by atoms with E-state index >= 15 is 0 Å². The zero-order valence-electron chi connectivity index (χ0n) is 9.77. The van der Waals surface area contributed by atoms with Crippen molar-refractivity contribution < 1.29 is 9.90 Å². The van der Waals surface area contributed by atoms with E-state index in [4.69, 9.17) is 5.11 Å². The monoisotopic (exact) mass is 297 g/mol. The lowest BCUT2D eigenvalue weighted by Gasteiger charge is -2.23. The number of aliphatic carboxylic acids is 1. The second-order valence-corrected chi connectivity index (χ2v) is 5.39. The van der Waals surface area contributed by atoms with E-state index in [0.29, 0.717) is 0 Å². The van der Waals surface area contributed by atoms with E-state index in [2.05, 4.69) is 26.9 Å². The minimum atomic E-state index is -0.674. The molecule has 1 aromatic carbocycles. The molecule has 3 nitrogen and oxygen atoms in total. The van der Waals surface area contributed by atoms with Gasteiger partial charge in [-0.05, 0) is 31.5 Å². The summed E-state index contributed by atoms with van der Waals surface area (Å²) in [6, 6.07) is 8.20. The van der Waals surface area contributed by atoms with E-state index < -0.39 is 5.97 Å². The molecule has 17 heavy (non-hydrogen) atoms. The van der Waals surface area contributed by atoms with Crippen LogP contribution in [0.3, 0.4) is 0 Å². The Morgan fingerprint density at radius 2 is 2.24 bits per heavy atom. The molecule has 2 unspecified atom stereocenters. The highest BCUT2D eigenvalue weighted by atomic mass is 79.9. The normalized spacial score (nSPS) is 25.1. The second kappa shape index (κ2) is 5.19. The fourth-order valence-electron chi connectivity index (χ4n) is 2.40. The second-order valence-electron chi connectivity index (χ2n) is 4.54. The molecule has 0 spiro atoms. The molecule has 1 aliphatic rings. The molecule has 0 aromatic heterocycles. The van der Waals surface area contributed by atoms with Crippen LogP contribution in [0.4, 0.5) is 0 Å². The standard InChI is InChI=1S/C13H16BrNO2/c1-9-11(13(16)17)6-7-15(9)8-10-4-2-3-5-12(10)14/h2-5,9,11H,6-8H2,1H3,(H,16,17). The zero-order chi connectivity index (χ0) is 12.4. The van der Waals surface area contributed by atoms with Crippen LogP contribution in [0.15, 0.2) is 28.7 Å². The zero-order valence-corrected chi connectivity index (χ0v) is 11.4. The summed E-state index contributed by atoms with van der Waals surface area (Å²) in [6.45, 7) is 3.68. The highest BCUT2D eigenvalue weighted by molar-refractivity contribution is 9.10. The SMILES string of the molecule is CC1C(C(=O)O)CCN1Cc1ccccc1Br. The van der Waals surface area contributed by atoms with E-state index in [9.17, 15) is 4.79 Å². The van der Waals surface area contributed by atoms with Crippen LogP contribution in [0.25, 0.3) is 0 Å². The van der Waals surface area contributed by atoms with Gasteiger partial charge < -0.3 is 5.11 Å². The number of nitrogens with zero attached hydrogens (tertiary/aromatic N) is 1. The summed E-state index contributed by atoms with van der Waals surface area (Å²) < 4.78 is 1.09. The first-order valence-corrected chi connectivity index (χ1v) is 6.59. The van der Waals surface area contributed by atoms with Crippen LogP contribution in [0.1, 0.15) is 18.9 Å². The lowest BCUT2D eigenvalue weighted by molar-refractivity contribution is -0.142. The van der Waals surface area contributed by atoms with Gasteiger partial charge in [0, 0.05) is 17.1 Å². The van der Waals surface area contributed by atoms with Gasteiger partial charge in [-0.1, -0.05) is 34.1 Å². The number of hydrogen-bond acceptors (Lipinski definition) is 2. The van der Waals surface area contributed by atoms with E-state index in [1.807, 2.05) is 25.1 Å². The van der Waals surface area contributed by atoms with Gasteiger partial charge in [0.25, 0.3) is 0 Å². The third-order valence-corrected chi connectivity index (χ3v) is 4.31. The van der Waals surface area contributed by atoms with Crippen molar-refractivity contribution in [1.82, 2.24) is 4.90 Å². The van der Waals surface area contributed by atoms with Crippen molar-refractivity contribution >= 4 is 21.9 Å². The van der Waals surface area contributed by atoms with Gasteiger partial charge in [0.05, 0.1) is 5.92 Å². The molecule has 1 aromatic rings. The van der Waals surface area contributed by atoms with Gasteiger partial charge in [-0.25, -0.2) is 0 Å². The van der Waals surface area contributed by atoms with E-state index in [-0.39, 0.29) is 12.0 Å². The Hall–Kier alpha value is -0.870. The number of halogens is 1. The first-order valence-electron chi connectivity index (χ1n) is 5.80. The first kappa shape index (κ1) is 12.6. The third kappa shape index (κ3) is 2.69. The molecule has 1 N–H and O–H groups in total. The summed E-state index contributed by atoms with van der Waals surface area (Å²) >= 11 is 3.52. The van der Waals surface area contributed by atoms with E-state index in [1.54, 1.807) is 0 Å². The lowest BCUT2D eigenvalue weighted by Crippen LogP contribution is -2.32. The minimum Gasteiger partial charge on any atom is -0.481 e. The Bertz CT molecular complexity index is 422. The average molecular weight is 298 g/mol. The summed E-state index contributed by atoms with van der Waals surface area (Å²) in [5.41, 5.74) is 1.21. The summed E-state index contributed by atoms with van der Waals surface area (Å²) in [7, 11) is 0. The Labute approximate surface area is 110 Å². The highest BCUT2D eigenvalue weighted by Gasteiger charge is 2.35. The highest BCUT2D eigenvalue weighted by Crippen LogP contribution is 2.27. The van der Waals surface area contributed by atoms with Gasteiger partial charge in [-0.2, -0.15) is 0 Å². The fourth-order valence-corrected chi connectivity index (χ4v) is 2.81. The van der Waals surface area contributed by atoms with Crippen LogP contribution >= 0.6 is 15.9 Å². The average Bonchev–Trinajstić information content (AvgIpc) is 2.64. The molecule has 0 radical (unpaired) electrons. The molecule has 1 heterocycles. The third-order valence-electron chi connectivity index (χ3n) is 3.53. The Kier molecular flexibility index (Phi) is 3.84. The van der Waals surface area contributed by atoms with E-state index in [0.717, 1.165) is 24.0 Å². The van der Waals surface area contributed by atoms with Crippen molar-refractivity contribution in [3.05, 3.63) is 34.3 Å². The number of hydrogen-bond donors (Lipinski definition) is 1. The van der Waals surface area contributed by atoms with Gasteiger partial charge in [0.2, 0.25) is 0 Å². The number of carboxylic acid groups (broad SMARTS) is 1. The van der Waals surface area contributed by atoms with Crippen LogP contribution in [-0.4, -0.2) is 28.6 Å².